The average molecular weight is 430 g/mol. The molecule has 1 fully saturated rings. The number of nitrogens with one attached hydrogen (secondary N) is 3. The van der Waals surface area contributed by atoms with Crippen LogP contribution in [0.15, 0.2) is 59.5 Å². The molecule has 0 saturated heterocycles. The van der Waals surface area contributed by atoms with Gasteiger partial charge in [-0.05, 0) is 36.6 Å². The van der Waals surface area contributed by atoms with Gasteiger partial charge in [0.25, 0.3) is 5.91 Å². The van der Waals surface area contributed by atoms with E-state index < -0.39 is 15.9 Å². The van der Waals surface area contributed by atoms with Crippen molar-refractivity contribution in [3.63, 3.8) is 0 Å². The minimum absolute atomic E-state index is 0.00209. The third-order valence-electron chi connectivity index (χ3n) is 5.10. The van der Waals surface area contributed by atoms with Crippen molar-refractivity contribution < 1.29 is 18.0 Å². The molecule has 0 aromatic heterocycles. The highest BCUT2D eigenvalue weighted by atomic mass is 32.2. The third-order valence-corrected chi connectivity index (χ3v) is 6.49. The van der Waals surface area contributed by atoms with Crippen molar-refractivity contribution in [1.29, 1.82) is 0 Å². The van der Waals surface area contributed by atoms with Gasteiger partial charge in [-0.3, -0.25) is 9.59 Å². The number of carbonyl (C=O) groups is 2. The average Bonchev–Trinajstić information content (AvgIpc) is 2.77. The van der Waals surface area contributed by atoms with Crippen LogP contribution in [0.25, 0.3) is 0 Å². The Balaban J connectivity index is 1.55. The molecule has 7 nitrogen and oxygen atoms in total. The van der Waals surface area contributed by atoms with E-state index in [-0.39, 0.29) is 35.5 Å². The monoisotopic (exact) mass is 429 g/mol. The smallest absolute Gasteiger partial charge is 0.251 e. The summed E-state index contributed by atoms with van der Waals surface area (Å²) in [5, 5.41) is 5.49. The lowest BCUT2D eigenvalue weighted by atomic mass is 9.95. The van der Waals surface area contributed by atoms with Crippen LogP contribution < -0.4 is 15.4 Å². The second kappa shape index (κ2) is 10.4. The van der Waals surface area contributed by atoms with Gasteiger partial charge in [0, 0.05) is 18.2 Å². The van der Waals surface area contributed by atoms with E-state index in [0.29, 0.717) is 0 Å². The molecule has 0 radical (unpaired) electrons. The van der Waals surface area contributed by atoms with E-state index in [4.69, 9.17) is 0 Å². The third kappa shape index (κ3) is 6.40. The molecular formula is C22H27N3O4S. The Bertz CT molecular complexity index is 971. The summed E-state index contributed by atoms with van der Waals surface area (Å²) >= 11 is 0. The molecule has 2 aromatic rings. The van der Waals surface area contributed by atoms with Gasteiger partial charge in [-0.2, -0.15) is 0 Å². The summed E-state index contributed by atoms with van der Waals surface area (Å²) in [5.41, 5.74) is 1.02. The number of hydrogen-bond acceptors (Lipinski definition) is 4. The molecule has 8 heteroatoms. The standard InChI is InChI=1S/C22H27N3O4S/c26-21(25-19-11-5-2-6-12-19)16-23-22(27)18-10-7-13-20(14-18)30(28,29)24-15-17-8-3-1-4-9-17/h1,3-4,7-10,13-14,19,24H,2,5-6,11-12,15-16H2,(H,23,27)(H,25,26). The maximum atomic E-state index is 12.6. The molecule has 0 aliphatic heterocycles. The summed E-state index contributed by atoms with van der Waals surface area (Å²) in [6, 6.07) is 15.1. The van der Waals surface area contributed by atoms with E-state index in [1.807, 2.05) is 30.3 Å². The highest BCUT2D eigenvalue weighted by molar-refractivity contribution is 7.89. The van der Waals surface area contributed by atoms with Crippen molar-refractivity contribution in [3.8, 4) is 0 Å². The van der Waals surface area contributed by atoms with Crippen LogP contribution in [0.1, 0.15) is 48.0 Å². The Morgan fingerprint density at radius 3 is 2.40 bits per heavy atom. The quantitative estimate of drug-likeness (QED) is 0.599. The summed E-state index contributed by atoms with van der Waals surface area (Å²) in [4.78, 5) is 24.5. The molecule has 3 rings (SSSR count). The summed E-state index contributed by atoms with van der Waals surface area (Å²) < 4.78 is 27.7. The topological polar surface area (TPSA) is 104 Å². The maximum Gasteiger partial charge on any atom is 0.251 e. The zero-order valence-corrected chi connectivity index (χ0v) is 17.6. The lowest BCUT2D eigenvalue weighted by molar-refractivity contribution is -0.121. The largest absolute Gasteiger partial charge is 0.352 e. The van der Waals surface area contributed by atoms with Gasteiger partial charge in [-0.1, -0.05) is 55.7 Å². The van der Waals surface area contributed by atoms with Gasteiger partial charge < -0.3 is 10.6 Å². The SMILES string of the molecule is O=C(CNC(=O)c1cccc(S(=O)(=O)NCc2ccccc2)c1)NC1CCCCC1. The molecule has 0 spiro atoms. The van der Waals surface area contributed by atoms with Gasteiger partial charge in [0.05, 0.1) is 11.4 Å². The van der Waals surface area contributed by atoms with Gasteiger partial charge in [0.2, 0.25) is 15.9 Å². The normalized spacial score (nSPS) is 14.8. The zero-order chi connectivity index (χ0) is 21.4. The number of rotatable bonds is 8. The number of hydrogen-bond donors (Lipinski definition) is 3. The first-order valence-electron chi connectivity index (χ1n) is 10.2. The fourth-order valence-corrected chi connectivity index (χ4v) is 4.51. The summed E-state index contributed by atoms with van der Waals surface area (Å²) in [5.74, 6) is -0.725. The minimum atomic E-state index is -3.77. The molecule has 0 atom stereocenters. The number of sulfonamides is 1. The van der Waals surface area contributed by atoms with Crippen LogP contribution in [0.2, 0.25) is 0 Å². The van der Waals surface area contributed by atoms with Gasteiger partial charge in [-0.25, -0.2) is 13.1 Å². The molecule has 1 aliphatic rings. The predicted molar refractivity (Wildman–Crippen MR) is 114 cm³/mol. The predicted octanol–water partition coefficient (Wildman–Crippen LogP) is 2.34. The lowest BCUT2D eigenvalue weighted by Gasteiger charge is -2.22. The van der Waals surface area contributed by atoms with Gasteiger partial charge in [0.15, 0.2) is 0 Å². The Morgan fingerprint density at radius 1 is 0.933 bits per heavy atom. The highest BCUT2D eigenvalue weighted by Gasteiger charge is 2.18. The summed E-state index contributed by atoms with van der Waals surface area (Å²) in [6.07, 6.45) is 5.35. The molecule has 3 N–H and O–H groups in total. The van der Waals surface area contributed by atoms with Crippen molar-refractivity contribution in [1.82, 2.24) is 15.4 Å². The first-order chi connectivity index (χ1) is 14.4. The van der Waals surface area contributed by atoms with Crippen molar-refractivity contribution in [3.05, 3.63) is 65.7 Å². The second-order valence-electron chi connectivity index (χ2n) is 7.42. The summed E-state index contributed by atoms with van der Waals surface area (Å²) in [7, 11) is -3.77. The van der Waals surface area contributed by atoms with E-state index in [0.717, 1.165) is 31.2 Å². The van der Waals surface area contributed by atoms with Crippen LogP contribution in [0.4, 0.5) is 0 Å². The fraction of sp³-hybridized carbons (Fsp3) is 0.364. The van der Waals surface area contributed by atoms with Crippen molar-refractivity contribution in [2.45, 2.75) is 49.6 Å². The molecular weight excluding hydrogens is 402 g/mol. The zero-order valence-electron chi connectivity index (χ0n) is 16.8. The van der Waals surface area contributed by atoms with E-state index in [9.17, 15) is 18.0 Å². The molecule has 0 unspecified atom stereocenters. The molecule has 0 bridgehead atoms. The van der Waals surface area contributed by atoms with E-state index in [2.05, 4.69) is 15.4 Å². The van der Waals surface area contributed by atoms with Crippen molar-refractivity contribution >= 4 is 21.8 Å². The maximum absolute atomic E-state index is 12.6. The van der Waals surface area contributed by atoms with Gasteiger partial charge in [0.1, 0.15) is 0 Å². The lowest BCUT2D eigenvalue weighted by Crippen LogP contribution is -2.42. The molecule has 30 heavy (non-hydrogen) atoms. The number of carbonyl (C=O) groups excluding carboxylic acids is 2. The minimum Gasteiger partial charge on any atom is -0.352 e. The molecule has 0 heterocycles. The van der Waals surface area contributed by atoms with Crippen LogP contribution in [-0.2, 0) is 21.4 Å². The first kappa shape index (κ1) is 22.0. The van der Waals surface area contributed by atoms with Crippen LogP contribution in [0.5, 0.6) is 0 Å². The Hall–Kier alpha value is -2.71. The molecule has 2 aromatic carbocycles. The molecule has 1 saturated carbocycles. The first-order valence-corrected chi connectivity index (χ1v) is 11.6. The van der Waals surface area contributed by atoms with E-state index in [1.165, 1.54) is 30.7 Å². The summed E-state index contributed by atoms with van der Waals surface area (Å²) in [6.45, 7) is 0.0134. The fourth-order valence-electron chi connectivity index (χ4n) is 3.45. The molecule has 160 valence electrons. The molecule has 2 amide bonds. The Morgan fingerprint density at radius 2 is 1.67 bits per heavy atom. The van der Waals surface area contributed by atoms with E-state index >= 15 is 0 Å². The van der Waals surface area contributed by atoms with Crippen molar-refractivity contribution in [2.24, 2.45) is 0 Å². The Labute approximate surface area is 177 Å². The van der Waals surface area contributed by atoms with Gasteiger partial charge >= 0.3 is 0 Å². The van der Waals surface area contributed by atoms with E-state index in [1.54, 1.807) is 0 Å². The van der Waals surface area contributed by atoms with Crippen LogP contribution in [-0.4, -0.2) is 32.8 Å². The van der Waals surface area contributed by atoms with Crippen LogP contribution in [0, 0.1) is 0 Å². The second-order valence-corrected chi connectivity index (χ2v) is 9.19. The van der Waals surface area contributed by atoms with Crippen molar-refractivity contribution in [2.75, 3.05) is 6.54 Å². The number of amides is 2. The molecule has 1 aliphatic carbocycles. The highest BCUT2D eigenvalue weighted by Crippen LogP contribution is 2.17. The van der Waals surface area contributed by atoms with Gasteiger partial charge in [-0.15, -0.1) is 0 Å². The van der Waals surface area contributed by atoms with Crippen LogP contribution in [0.3, 0.4) is 0 Å². The number of benzene rings is 2. The Kier molecular flexibility index (Phi) is 7.59. The van der Waals surface area contributed by atoms with Crippen LogP contribution >= 0.6 is 0 Å².